The maximum absolute atomic E-state index is 11.8. The summed E-state index contributed by atoms with van der Waals surface area (Å²) < 4.78 is 5.13. The summed E-state index contributed by atoms with van der Waals surface area (Å²) >= 11 is 1.60. The highest BCUT2D eigenvalue weighted by atomic mass is 32.1. The van der Waals surface area contributed by atoms with E-state index in [2.05, 4.69) is 20.8 Å². The van der Waals surface area contributed by atoms with Crippen LogP contribution in [0.1, 0.15) is 4.88 Å². The van der Waals surface area contributed by atoms with Crippen molar-refractivity contribution in [2.24, 2.45) is 0 Å². The van der Waals surface area contributed by atoms with Gasteiger partial charge >= 0.3 is 6.03 Å². The predicted molar refractivity (Wildman–Crippen MR) is 79.9 cm³/mol. The topological polar surface area (TPSA) is 80.0 Å². The normalized spacial score (nSPS) is 10.3. The van der Waals surface area contributed by atoms with E-state index in [1.807, 2.05) is 29.6 Å². The molecule has 21 heavy (non-hydrogen) atoms. The minimum absolute atomic E-state index is 0.258. The molecule has 0 bridgehead atoms. The average molecular weight is 300 g/mol. The molecule has 0 aliphatic rings. The van der Waals surface area contributed by atoms with Crippen molar-refractivity contribution < 1.29 is 9.21 Å². The fourth-order valence-electron chi connectivity index (χ4n) is 1.78. The largest absolute Gasteiger partial charge is 0.423 e. The van der Waals surface area contributed by atoms with Gasteiger partial charge in [-0.15, -0.1) is 21.5 Å². The Morgan fingerprint density at radius 3 is 3.00 bits per heavy atom. The first-order chi connectivity index (χ1) is 10.3. The summed E-state index contributed by atoms with van der Waals surface area (Å²) in [6.45, 7) is 0.507. The van der Waals surface area contributed by atoms with E-state index in [1.165, 1.54) is 6.39 Å². The molecule has 0 saturated heterocycles. The van der Waals surface area contributed by atoms with Crippen molar-refractivity contribution in [1.82, 2.24) is 15.5 Å². The van der Waals surface area contributed by atoms with Gasteiger partial charge < -0.3 is 15.1 Å². The first-order valence-electron chi connectivity index (χ1n) is 6.25. The molecule has 7 heteroatoms. The summed E-state index contributed by atoms with van der Waals surface area (Å²) in [5.74, 6) is 0.414. The van der Waals surface area contributed by atoms with Crippen molar-refractivity contribution in [2.45, 2.75) is 6.54 Å². The van der Waals surface area contributed by atoms with E-state index in [9.17, 15) is 4.79 Å². The monoisotopic (exact) mass is 300 g/mol. The molecule has 2 N–H and O–H groups in total. The van der Waals surface area contributed by atoms with Crippen LogP contribution < -0.4 is 10.6 Å². The first kappa shape index (κ1) is 13.3. The van der Waals surface area contributed by atoms with Gasteiger partial charge in [-0.3, -0.25) is 0 Å². The first-order valence-corrected chi connectivity index (χ1v) is 7.13. The minimum atomic E-state index is -0.258. The van der Waals surface area contributed by atoms with Crippen LogP contribution in [0.4, 0.5) is 10.5 Å². The maximum atomic E-state index is 11.8. The van der Waals surface area contributed by atoms with Crippen molar-refractivity contribution in [2.75, 3.05) is 5.32 Å². The van der Waals surface area contributed by atoms with Crippen molar-refractivity contribution in [3.63, 3.8) is 0 Å². The van der Waals surface area contributed by atoms with Crippen LogP contribution >= 0.6 is 11.3 Å². The Morgan fingerprint density at radius 2 is 2.24 bits per heavy atom. The summed E-state index contributed by atoms with van der Waals surface area (Å²) in [5, 5.41) is 15.0. The zero-order valence-electron chi connectivity index (χ0n) is 10.9. The van der Waals surface area contributed by atoms with Crippen molar-refractivity contribution in [1.29, 1.82) is 0 Å². The second-order valence-electron chi connectivity index (χ2n) is 4.21. The highest BCUT2D eigenvalue weighted by molar-refractivity contribution is 7.09. The zero-order chi connectivity index (χ0) is 14.5. The number of amides is 2. The van der Waals surface area contributed by atoms with Crippen molar-refractivity contribution in [3.05, 3.63) is 53.0 Å². The van der Waals surface area contributed by atoms with Gasteiger partial charge in [0, 0.05) is 16.1 Å². The maximum Gasteiger partial charge on any atom is 0.319 e. The van der Waals surface area contributed by atoms with Gasteiger partial charge in [0.15, 0.2) is 0 Å². The molecule has 2 amide bonds. The van der Waals surface area contributed by atoms with E-state index in [0.29, 0.717) is 18.1 Å². The fourth-order valence-corrected chi connectivity index (χ4v) is 2.43. The predicted octanol–water partition coefficient (Wildman–Crippen LogP) is 3.12. The van der Waals surface area contributed by atoms with Crippen LogP contribution in [-0.2, 0) is 6.54 Å². The van der Waals surface area contributed by atoms with E-state index < -0.39 is 0 Å². The van der Waals surface area contributed by atoms with E-state index in [0.717, 1.165) is 10.4 Å². The fraction of sp³-hybridized carbons (Fsp3) is 0.0714. The van der Waals surface area contributed by atoms with Crippen LogP contribution in [0.25, 0.3) is 11.5 Å². The Bertz CT molecular complexity index is 710. The molecule has 0 aliphatic heterocycles. The standard InChI is InChI=1S/C14H12N4O2S/c19-14(15-8-12-5-2-6-21-12)17-11-4-1-3-10(7-11)13-18-16-9-20-13/h1-7,9H,8H2,(H2,15,17,19). The van der Waals surface area contributed by atoms with E-state index >= 15 is 0 Å². The number of nitrogens with zero attached hydrogens (tertiary/aromatic N) is 2. The van der Waals surface area contributed by atoms with Crippen LogP contribution in [0.2, 0.25) is 0 Å². The molecule has 0 fully saturated rings. The molecule has 3 aromatic rings. The summed E-state index contributed by atoms with van der Waals surface area (Å²) in [4.78, 5) is 12.9. The molecule has 0 aliphatic carbocycles. The van der Waals surface area contributed by atoms with E-state index in [4.69, 9.17) is 4.42 Å². The second kappa shape index (κ2) is 6.19. The van der Waals surface area contributed by atoms with Gasteiger partial charge in [0.05, 0.1) is 6.54 Å². The van der Waals surface area contributed by atoms with Crippen LogP contribution in [0.3, 0.4) is 0 Å². The molecule has 6 nitrogen and oxygen atoms in total. The molecule has 0 atom stereocenters. The zero-order valence-corrected chi connectivity index (χ0v) is 11.8. The number of hydrogen-bond acceptors (Lipinski definition) is 5. The number of thiophene rings is 1. The molecule has 0 spiro atoms. The van der Waals surface area contributed by atoms with Gasteiger partial charge in [0.2, 0.25) is 12.3 Å². The number of anilines is 1. The lowest BCUT2D eigenvalue weighted by Crippen LogP contribution is -2.27. The second-order valence-corrected chi connectivity index (χ2v) is 5.24. The third-order valence-corrected chi connectivity index (χ3v) is 3.61. The third-order valence-electron chi connectivity index (χ3n) is 2.73. The summed E-state index contributed by atoms with van der Waals surface area (Å²) in [6, 6.07) is 10.9. The smallest absolute Gasteiger partial charge is 0.319 e. The lowest BCUT2D eigenvalue weighted by molar-refractivity contribution is 0.252. The van der Waals surface area contributed by atoms with Crippen LogP contribution in [-0.4, -0.2) is 16.2 Å². The van der Waals surface area contributed by atoms with Crippen molar-refractivity contribution in [3.8, 4) is 11.5 Å². The Kier molecular flexibility index (Phi) is 3.92. The van der Waals surface area contributed by atoms with E-state index in [-0.39, 0.29) is 6.03 Å². The highest BCUT2D eigenvalue weighted by Crippen LogP contribution is 2.20. The van der Waals surface area contributed by atoms with Gasteiger partial charge in [0.25, 0.3) is 0 Å². The molecule has 0 unspecified atom stereocenters. The van der Waals surface area contributed by atoms with Crippen LogP contribution in [0.5, 0.6) is 0 Å². The third kappa shape index (κ3) is 3.46. The summed E-state index contributed by atoms with van der Waals surface area (Å²) in [5.41, 5.74) is 1.41. The number of hydrogen-bond donors (Lipinski definition) is 2. The van der Waals surface area contributed by atoms with Crippen molar-refractivity contribution >= 4 is 23.1 Å². The molecular formula is C14H12N4O2S. The lowest BCUT2D eigenvalue weighted by Gasteiger charge is -2.07. The number of nitrogens with one attached hydrogen (secondary N) is 2. The SMILES string of the molecule is O=C(NCc1cccs1)Nc1cccc(-c2nnco2)c1. The number of rotatable bonds is 4. The van der Waals surface area contributed by atoms with Gasteiger partial charge in [0.1, 0.15) is 0 Å². The van der Waals surface area contributed by atoms with Crippen LogP contribution in [0, 0.1) is 0 Å². The van der Waals surface area contributed by atoms with Gasteiger partial charge in [-0.2, -0.15) is 0 Å². The molecule has 2 heterocycles. The minimum Gasteiger partial charge on any atom is -0.423 e. The summed E-state index contributed by atoms with van der Waals surface area (Å²) in [6.07, 6.45) is 1.27. The number of carbonyl (C=O) groups is 1. The molecule has 2 aromatic heterocycles. The highest BCUT2D eigenvalue weighted by Gasteiger charge is 2.06. The molecular weight excluding hydrogens is 288 g/mol. The Hall–Kier alpha value is -2.67. The van der Waals surface area contributed by atoms with Gasteiger partial charge in [-0.05, 0) is 29.6 Å². The number of carbonyl (C=O) groups excluding carboxylic acids is 1. The summed E-state index contributed by atoms with van der Waals surface area (Å²) in [7, 11) is 0. The average Bonchev–Trinajstić information content (AvgIpc) is 3.19. The van der Waals surface area contributed by atoms with Crippen LogP contribution in [0.15, 0.2) is 52.6 Å². The lowest BCUT2D eigenvalue weighted by atomic mass is 10.2. The molecule has 106 valence electrons. The number of aromatic nitrogens is 2. The molecule has 3 rings (SSSR count). The van der Waals surface area contributed by atoms with E-state index in [1.54, 1.807) is 23.5 Å². The number of urea groups is 1. The Labute approximate surface area is 124 Å². The molecule has 1 aromatic carbocycles. The Morgan fingerprint density at radius 1 is 1.29 bits per heavy atom. The number of benzene rings is 1. The van der Waals surface area contributed by atoms with Gasteiger partial charge in [-0.1, -0.05) is 12.1 Å². The molecule has 0 radical (unpaired) electrons. The quantitative estimate of drug-likeness (QED) is 0.775. The van der Waals surface area contributed by atoms with Gasteiger partial charge in [-0.25, -0.2) is 4.79 Å². The Balaban J connectivity index is 1.62. The molecule has 0 saturated carbocycles.